The molecule has 2 N–H and O–H groups in total. The van der Waals surface area contributed by atoms with Crippen LogP contribution in [0.4, 0.5) is 5.69 Å². The van der Waals surface area contributed by atoms with Crippen molar-refractivity contribution in [3.63, 3.8) is 0 Å². The highest BCUT2D eigenvalue weighted by Gasteiger charge is 2.18. The van der Waals surface area contributed by atoms with Crippen LogP contribution in [0, 0.1) is 6.92 Å². The summed E-state index contributed by atoms with van der Waals surface area (Å²) in [4.78, 5) is 14.3. The summed E-state index contributed by atoms with van der Waals surface area (Å²) < 4.78 is 0. The van der Waals surface area contributed by atoms with Gasteiger partial charge in [-0.3, -0.25) is 9.69 Å². The van der Waals surface area contributed by atoms with Crippen LogP contribution in [0.5, 0.6) is 5.75 Å². The molecule has 0 saturated carbocycles. The molecule has 1 heterocycles. The molecule has 4 heteroatoms. The van der Waals surface area contributed by atoms with Crippen molar-refractivity contribution in [2.24, 2.45) is 0 Å². The van der Waals surface area contributed by atoms with Gasteiger partial charge in [-0.2, -0.15) is 0 Å². The van der Waals surface area contributed by atoms with E-state index in [9.17, 15) is 9.90 Å². The number of nitrogens with one attached hydrogen (secondary N) is 1. The molecule has 2 aromatic carbocycles. The fourth-order valence-electron chi connectivity index (χ4n) is 2.83. The first-order valence-electron chi connectivity index (χ1n) is 7.50. The Labute approximate surface area is 130 Å². The zero-order chi connectivity index (χ0) is 15.5. The molecule has 3 rings (SSSR count). The third kappa shape index (κ3) is 3.46. The Morgan fingerprint density at radius 2 is 1.95 bits per heavy atom. The van der Waals surface area contributed by atoms with Crippen molar-refractivity contribution in [3.8, 4) is 5.75 Å². The van der Waals surface area contributed by atoms with Gasteiger partial charge in [0, 0.05) is 18.8 Å². The van der Waals surface area contributed by atoms with Crippen molar-refractivity contribution >= 4 is 11.6 Å². The summed E-state index contributed by atoms with van der Waals surface area (Å²) in [5.41, 5.74) is 4.68. The number of phenols is 1. The number of benzene rings is 2. The molecule has 114 valence electrons. The highest BCUT2D eigenvalue weighted by Crippen LogP contribution is 2.20. The standard InChI is InChI=1S/C18H20N2O2/c1-13-2-3-14-8-9-20(11-15(14)10-13)12-18(22)19-16-4-6-17(21)7-5-16/h2-7,10,21H,8-9,11-12H2,1H3,(H,19,22). The molecule has 4 nitrogen and oxygen atoms in total. The van der Waals surface area contributed by atoms with Crippen LogP contribution in [0.15, 0.2) is 42.5 Å². The van der Waals surface area contributed by atoms with Gasteiger partial charge in [-0.1, -0.05) is 23.8 Å². The van der Waals surface area contributed by atoms with Crippen molar-refractivity contribution in [3.05, 3.63) is 59.2 Å². The van der Waals surface area contributed by atoms with Gasteiger partial charge >= 0.3 is 0 Å². The number of fused-ring (bicyclic) bond motifs is 1. The number of carbonyl (C=O) groups excluding carboxylic acids is 1. The van der Waals surface area contributed by atoms with E-state index in [0.29, 0.717) is 12.2 Å². The van der Waals surface area contributed by atoms with Crippen LogP contribution >= 0.6 is 0 Å². The number of anilines is 1. The Balaban J connectivity index is 1.59. The fourth-order valence-corrected chi connectivity index (χ4v) is 2.83. The molecule has 0 atom stereocenters. The van der Waals surface area contributed by atoms with E-state index < -0.39 is 0 Å². The second-order valence-electron chi connectivity index (χ2n) is 5.83. The summed E-state index contributed by atoms with van der Waals surface area (Å²) in [5, 5.41) is 12.1. The topological polar surface area (TPSA) is 52.6 Å². The third-order valence-electron chi connectivity index (χ3n) is 3.97. The maximum absolute atomic E-state index is 12.1. The lowest BCUT2D eigenvalue weighted by Crippen LogP contribution is -2.37. The van der Waals surface area contributed by atoms with E-state index in [2.05, 4.69) is 35.3 Å². The van der Waals surface area contributed by atoms with Crippen molar-refractivity contribution in [2.45, 2.75) is 19.9 Å². The lowest BCUT2D eigenvalue weighted by Gasteiger charge is -2.28. The first kappa shape index (κ1) is 14.6. The van der Waals surface area contributed by atoms with Gasteiger partial charge < -0.3 is 10.4 Å². The van der Waals surface area contributed by atoms with Crippen LogP contribution in [0.3, 0.4) is 0 Å². The number of phenolic OH excluding ortho intramolecular Hbond substituents is 1. The molecule has 1 amide bonds. The smallest absolute Gasteiger partial charge is 0.238 e. The van der Waals surface area contributed by atoms with E-state index in [1.807, 2.05) is 0 Å². The highest BCUT2D eigenvalue weighted by molar-refractivity contribution is 5.92. The molecule has 0 spiro atoms. The molecular weight excluding hydrogens is 276 g/mol. The summed E-state index contributed by atoms with van der Waals surface area (Å²) in [6.07, 6.45) is 0.988. The lowest BCUT2D eigenvalue weighted by atomic mass is 9.98. The first-order chi connectivity index (χ1) is 10.6. The van der Waals surface area contributed by atoms with E-state index in [-0.39, 0.29) is 11.7 Å². The number of hydrogen-bond acceptors (Lipinski definition) is 3. The van der Waals surface area contributed by atoms with Crippen LogP contribution in [0.1, 0.15) is 16.7 Å². The van der Waals surface area contributed by atoms with Crippen molar-refractivity contribution < 1.29 is 9.90 Å². The second-order valence-corrected chi connectivity index (χ2v) is 5.83. The molecule has 1 aliphatic heterocycles. The van der Waals surface area contributed by atoms with Gasteiger partial charge in [0.05, 0.1) is 6.54 Å². The molecule has 0 radical (unpaired) electrons. The van der Waals surface area contributed by atoms with E-state index in [1.165, 1.54) is 16.7 Å². The Kier molecular flexibility index (Phi) is 4.11. The Morgan fingerprint density at radius 3 is 2.73 bits per heavy atom. The summed E-state index contributed by atoms with van der Waals surface area (Å²) in [6.45, 7) is 4.20. The summed E-state index contributed by atoms with van der Waals surface area (Å²) in [6, 6.07) is 13.1. The molecule has 22 heavy (non-hydrogen) atoms. The Morgan fingerprint density at radius 1 is 1.18 bits per heavy atom. The molecule has 1 aliphatic rings. The highest BCUT2D eigenvalue weighted by atomic mass is 16.3. The largest absolute Gasteiger partial charge is 0.508 e. The van der Waals surface area contributed by atoms with Crippen molar-refractivity contribution in [1.82, 2.24) is 4.90 Å². The minimum absolute atomic E-state index is 0.0261. The zero-order valence-electron chi connectivity index (χ0n) is 12.7. The lowest BCUT2D eigenvalue weighted by molar-refractivity contribution is -0.117. The van der Waals surface area contributed by atoms with Crippen molar-refractivity contribution in [2.75, 3.05) is 18.4 Å². The quantitative estimate of drug-likeness (QED) is 0.856. The average molecular weight is 296 g/mol. The first-order valence-corrected chi connectivity index (χ1v) is 7.50. The van der Waals surface area contributed by atoms with Gasteiger partial charge in [-0.25, -0.2) is 0 Å². The molecular formula is C18H20N2O2. The van der Waals surface area contributed by atoms with E-state index in [1.54, 1.807) is 24.3 Å². The molecule has 0 aliphatic carbocycles. The molecule has 0 bridgehead atoms. The van der Waals surface area contributed by atoms with Gasteiger partial charge in [0.15, 0.2) is 0 Å². The molecule has 2 aromatic rings. The minimum Gasteiger partial charge on any atom is -0.508 e. The summed E-state index contributed by atoms with van der Waals surface area (Å²) >= 11 is 0. The maximum Gasteiger partial charge on any atom is 0.238 e. The number of aromatic hydroxyl groups is 1. The second kappa shape index (κ2) is 6.20. The SMILES string of the molecule is Cc1ccc2c(c1)CN(CC(=O)Nc1ccc(O)cc1)CC2. The zero-order valence-corrected chi connectivity index (χ0v) is 12.7. The Hall–Kier alpha value is -2.33. The third-order valence-corrected chi connectivity index (χ3v) is 3.97. The number of aryl methyl sites for hydroxylation is 1. The van der Waals surface area contributed by atoms with Crippen LogP contribution in [-0.2, 0) is 17.8 Å². The van der Waals surface area contributed by atoms with Gasteiger partial charge in [0.1, 0.15) is 5.75 Å². The number of amides is 1. The van der Waals surface area contributed by atoms with Crippen LogP contribution in [0.25, 0.3) is 0 Å². The monoisotopic (exact) mass is 296 g/mol. The number of nitrogens with zero attached hydrogens (tertiary/aromatic N) is 1. The molecule has 0 aromatic heterocycles. The van der Waals surface area contributed by atoms with Gasteiger partial charge in [-0.05, 0) is 48.7 Å². The predicted molar refractivity (Wildman–Crippen MR) is 86.9 cm³/mol. The van der Waals surface area contributed by atoms with Gasteiger partial charge in [0.2, 0.25) is 5.91 Å². The maximum atomic E-state index is 12.1. The molecule has 0 saturated heterocycles. The summed E-state index contributed by atoms with van der Waals surface area (Å²) in [5.74, 6) is 0.169. The van der Waals surface area contributed by atoms with E-state index >= 15 is 0 Å². The molecule has 0 fully saturated rings. The van der Waals surface area contributed by atoms with Gasteiger partial charge in [-0.15, -0.1) is 0 Å². The molecule has 0 unspecified atom stereocenters. The van der Waals surface area contributed by atoms with E-state index in [4.69, 9.17) is 0 Å². The number of hydrogen-bond donors (Lipinski definition) is 2. The van der Waals surface area contributed by atoms with Crippen LogP contribution in [-0.4, -0.2) is 29.0 Å². The average Bonchev–Trinajstić information content (AvgIpc) is 2.49. The van der Waals surface area contributed by atoms with Crippen molar-refractivity contribution in [1.29, 1.82) is 0 Å². The predicted octanol–water partition coefficient (Wildman–Crippen LogP) is 2.70. The fraction of sp³-hybridized carbons (Fsp3) is 0.278. The van der Waals surface area contributed by atoms with Gasteiger partial charge in [0.25, 0.3) is 0 Å². The van der Waals surface area contributed by atoms with Crippen LogP contribution in [0.2, 0.25) is 0 Å². The Bertz CT molecular complexity index is 680. The minimum atomic E-state index is -0.0261. The number of carbonyl (C=O) groups is 1. The van der Waals surface area contributed by atoms with E-state index in [0.717, 1.165) is 19.5 Å². The number of rotatable bonds is 3. The normalized spacial score (nSPS) is 14.4. The summed E-state index contributed by atoms with van der Waals surface area (Å²) in [7, 11) is 0. The van der Waals surface area contributed by atoms with Crippen LogP contribution < -0.4 is 5.32 Å².